The lowest BCUT2D eigenvalue weighted by molar-refractivity contribution is 0.231. The third-order valence-corrected chi connectivity index (χ3v) is 4.45. The summed E-state index contributed by atoms with van der Waals surface area (Å²) in [5, 5.41) is 3.41. The van der Waals surface area contributed by atoms with E-state index in [1.807, 2.05) is 0 Å². The van der Waals surface area contributed by atoms with Crippen molar-refractivity contribution in [3.8, 4) is 0 Å². The Morgan fingerprint density at radius 2 is 1.88 bits per heavy atom. The Kier molecular flexibility index (Phi) is 3.50. The first-order valence-electron chi connectivity index (χ1n) is 6.51. The SMILES string of the molecule is Brc1ccc([C@@H]2C[C@H]2CN2CCNCC2)cc1. The number of benzene rings is 1. The molecule has 0 aromatic heterocycles. The van der Waals surface area contributed by atoms with Gasteiger partial charge in [0.25, 0.3) is 0 Å². The number of piperazine rings is 1. The molecule has 1 heterocycles. The molecular weight excluding hydrogens is 276 g/mol. The van der Waals surface area contributed by atoms with Crippen molar-refractivity contribution in [2.75, 3.05) is 32.7 Å². The van der Waals surface area contributed by atoms with Crippen molar-refractivity contribution in [1.82, 2.24) is 10.2 Å². The molecule has 1 aromatic rings. The monoisotopic (exact) mass is 294 g/mol. The molecule has 0 spiro atoms. The smallest absolute Gasteiger partial charge is 0.0175 e. The van der Waals surface area contributed by atoms with Crippen molar-refractivity contribution >= 4 is 15.9 Å². The average molecular weight is 295 g/mol. The van der Waals surface area contributed by atoms with E-state index >= 15 is 0 Å². The average Bonchev–Trinajstić information content (AvgIpc) is 3.11. The largest absolute Gasteiger partial charge is 0.314 e. The van der Waals surface area contributed by atoms with Gasteiger partial charge in [-0.05, 0) is 36.0 Å². The zero-order chi connectivity index (χ0) is 11.7. The van der Waals surface area contributed by atoms with Crippen LogP contribution < -0.4 is 5.32 Å². The Labute approximate surface area is 112 Å². The first-order valence-corrected chi connectivity index (χ1v) is 7.31. The van der Waals surface area contributed by atoms with Crippen molar-refractivity contribution in [1.29, 1.82) is 0 Å². The molecule has 1 saturated heterocycles. The molecule has 2 fully saturated rings. The molecule has 3 rings (SSSR count). The highest BCUT2D eigenvalue weighted by Crippen LogP contribution is 2.47. The maximum Gasteiger partial charge on any atom is 0.0175 e. The van der Waals surface area contributed by atoms with E-state index in [0.29, 0.717) is 0 Å². The molecule has 1 N–H and O–H groups in total. The van der Waals surface area contributed by atoms with E-state index in [4.69, 9.17) is 0 Å². The second-order valence-corrected chi connectivity index (χ2v) is 6.12. The maximum absolute atomic E-state index is 3.49. The maximum atomic E-state index is 3.49. The van der Waals surface area contributed by atoms with Gasteiger partial charge in [-0.15, -0.1) is 0 Å². The summed E-state index contributed by atoms with van der Waals surface area (Å²) in [6.45, 7) is 6.07. The molecule has 2 atom stereocenters. The van der Waals surface area contributed by atoms with Crippen LogP contribution in [0.15, 0.2) is 28.7 Å². The van der Waals surface area contributed by atoms with Gasteiger partial charge in [-0.3, -0.25) is 0 Å². The normalized spacial score (nSPS) is 29.2. The molecule has 1 aromatic carbocycles. The zero-order valence-corrected chi connectivity index (χ0v) is 11.6. The number of rotatable bonds is 3. The van der Waals surface area contributed by atoms with Gasteiger partial charge in [0.2, 0.25) is 0 Å². The third-order valence-electron chi connectivity index (χ3n) is 3.92. The van der Waals surface area contributed by atoms with Crippen LogP contribution in [0.3, 0.4) is 0 Å². The van der Waals surface area contributed by atoms with Crippen molar-refractivity contribution in [3.05, 3.63) is 34.3 Å². The highest BCUT2D eigenvalue weighted by atomic mass is 79.9. The first-order chi connectivity index (χ1) is 8.33. The van der Waals surface area contributed by atoms with E-state index < -0.39 is 0 Å². The first kappa shape index (κ1) is 11.7. The van der Waals surface area contributed by atoms with Crippen LogP contribution in [0.25, 0.3) is 0 Å². The molecule has 0 radical (unpaired) electrons. The van der Waals surface area contributed by atoms with E-state index in [9.17, 15) is 0 Å². The molecule has 1 aliphatic heterocycles. The van der Waals surface area contributed by atoms with Gasteiger partial charge < -0.3 is 10.2 Å². The summed E-state index contributed by atoms with van der Waals surface area (Å²) >= 11 is 3.49. The van der Waals surface area contributed by atoms with Gasteiger partial charge in [0, 0.05) is 37.2 Å². The highest BCUT2D eigenvalue weighted by Gasteiger charge is 2.39. The molecular formula is C14H19BrN2. The summed E-state index contributed by atoms with van der Waals surface area (Å²) in [7, 11) is 0. The molecule has 17 heavy (non-hydrogen) atoms. The second kappa shape index (κ2) is 5.09. The Morgan fingerprint density at radius 1 is 1.18 bits per heavy atom. The van der Waals surface area contributed by atoms with Gasteiger partial charge in [-0.2, -0.15) is 0 Å². The quantitative estimate of drug-likeness (QED) is 0.921. The van der Waals surface area contributed by atoms with Gasteiger partial charge in [0.05, 0.1) is 0 Å². The van der Waals surface area contributed by atoms with Gasteiger partial charge in [0.15, 0.2) is 0 Å². The molecule has 0 bridgehead atoms. The van der Waals surface area contributed by atoms with Crippen molar-refractivity contribution in [2.45, 2.75) is 12.3 Å². The minimum Gasteiger partial charge on any atom is -0.314 e. The number of hydrogen-bond acceptors (Lipinski definition) is 2. The van der Waals surface area contributed by atoms with Crippen LogP contribution in [-0.4, -0.2) is 37.6 Å². The van der Waals surface area contributed by atoms with Crippen molar-refractivity contribution in [3.63, 3.8) is 0 Å². The van der Waals surface area contributed by atoms with E-state index in [-0.39, 0.29) is 0 Å². The number of nitrogens with zero attached hydrogens (tertiary/aromatic N) is 1. The second-order valence-electron chi connectivity index (χ2n) is 5.20. The molecule has 2 aliphatic rings. The van der Waals surface area contributed by atoms with Gasteiger partial charge >= 0.3 is 0 Å². The van der Waals surface area contributed by atoms with Crippen LogP contribution in [0.4, 0.5) is 0 Å². The number of hydrogen-bond donors (Lipinski definition) is 1. The summed E-state index contributed by atoms with van der Waals surface area (Å²) in [6, 6.07) is 8.87. The Hall–Kier alpha value is -0.380. The van der Waals surface area contributed by atoms with Crippen LogP contribution in [0.5, 0.6) is 0 Å². The van der Waals surface area contributed by atoms with E-state index in [1.54, 1.807) is 0 Å². The fourth-order valence-electron chi connectivity index (χ4n) is 2.79. The zero-order valence-electron chi connectivity index (χ0n) is 10.0. The molecule has 1 aliphatic carbocycles. The molecule has 2 nitrogen and oxygen atoms in total. The Bertz CT molecular complexity index is 370. The fourth-order valence-corrected chi connectivity index (χ4v) is 3.06. The lowest BCUT2D eigenvalue weighted by Gasteiger charge is -2.27. The summed E-state index contributed by atoms with van der Waals surface area (Å²) in [4.78, 5) is 2.61. The fraction of sp³-hybridized carbons (Fsp3) is 0.571. The minimum atomic E-state index is 0.818. The van der Waals surface area contributed by atoms with Crippen LogP contribution in [0.1, 0.15) is 17.9 Å². The molecule has 0 unspecified atom stereocenters. The lowest BCUT2D eigenvalue weighted by atomic mass is 10.1. The molecule has 92 valence electrons. The summed E-state index contributed by atoms with van der Waals surface area (Å²) in [5.74, 6) is 1.72. The van der Waals surface area contributed by atoms with Crippen LogP contribution in [-0.2, 0) is 0 Å². The van der Waals surface area contributed by atoms with Gasteiger partial charge in [0.1, 0.15) is 0 Å². The topological polar surface area (TPSA) is 15.3 Å². The van der Waals surface area contributed by atoms with Crippen molar-refractivity contribution in [2.24, 2.45) is 5.92 Å². The summed E-state index contributed by atoms with van der Waals surface area (Å²) < 4.78 is 1.18. The predicted octanol–water partition coefficient (Wildman–Crippen LogP) is 2.46. The molecule has 3 heteroatoms. The lowest BCUT2D eigenvalue weighted by Crippen LogP contribution is -2.44. The minimum absolute atomic E-state index is 0.818. The van der Waals surface area contributed by atoms with Gasteiger partial charge in [-0.1, -0.05) is 28.1 Å². The van der Waals surface area contributed by atoms with E-state index in [0.717, 1.165) is 24.9 Å². The Balaban J connectivity index is 1.53. The summed E-state index contributed by atoms with van der Waals surface area (Å²) in [6.07, 6.45) is 1.38. The predicted molar refractivity (Wildman–Crippen MR) is 74.3 cm³/mol. The van der Waals surface area contributed by atoms with Crippen LogP contribution in [0.2, 0.25) is 0 Å². The standard InChI is InChI=1S/C14H19BrN2/c15-13-3-1-11(2-4-13)14-9-12(14)10-17-7-5-16-6-8-17/h1-4,12,14,16H,5-10H2/t12-,14-/m0/s1. The van der Waals surface area contributed by atoms with Crippen molar-refractivity contribution < 1.29 is 0 Å². The van der Waals surface area contributed by atoms with E-state index in [1.165, 1.54) is 36.1 Å². The summed E-state index contributed by atoms with van der Waals surface area (Å²) in [5.41, 5.74) is 1.52. The number of halogens is 1. The molecule has 0 amide bonds. The third kappa shape index (κ3) is 2.90. The Morgan fingerprint density at radius 3 is 2.59 bits per heavy atom. The van der Waals surface area contributed by atoms with E-state index in [2.05, 4.69) is 50.4 Å². The number of nitrogens with one attached hydrogen (secondary N) is 1. The molecule has 1 saturated carbocycles. The van der Waals surface area contributed by atoms with Crippen LogP contribution in [0, 0.1) is 5.92 Å². The van der Waals surface area contributed by atoms with Gasteiger partial charge in [-0.25, -0.2) is 0 Å². The highest BCUT2D eigenvalue weighted by molar-refractivity contribution is 9.10. The van der Waals surface area contributed by atoms with Crippen LogP contribution >= 0.6 is 15.9 Å².